The Morgan fingerprint density at radius 2 is 1.80 bits per heavy atom. The van der Waals surface area contributed by atoms with Crippen LogP contribution in [-0.2, 0) is 0 Å². The summed E-state index contributed by atoms with van der Waals surface area (Å²) in [5, 5.41) is 0.925. The van der Waals surface area contributed by atoms with Crippen molar-refractivity contribution in [3.8, 4) is 0 Å². The normalized spacial score (nSPS) is 10.3. The maximum absolute atomic E-state index is 12.4. The standard InChI is InChI=1S/C16H15Cl2NO/c1-2-19(13-6-4-3-5-7-13)11-16(20)14-9-8-12(17)10-15(14)18/h3-10H,2,11H2,1H3. The third kappa shape index (κ3) is 3.53. The number of para-hydroxylation sites is 1. The lowest BCUT2D eigenvalue weighted by atomic mass is 10.1. The van der Waals surface area contributed by atoms with Gasteiger partial charge in [0.05, 0.1) is 11.6 Å². The van der Waals surface area contributed by atoms with Gasteiger partial charge in [0.1, 0.15) is 0 Å². The van der Waals surface area contributed by atoms with Crippen molar-refractivity contribution in [3.63, 3.8) is 0 Å². The number of carbonyl (C=O) groups is 1. The zero-order valence-corrected chi connectivity index (χ0v) is 12.7. The molecule has 0 aliphatic carbocycles. The molecule has 2 aromatic carbocycles. The molecule has 0 unspecified atom stereocenters. The third-order valence-corrected chi connectivity index (χ3v) is 3.62. The molecule has 2 aromatic rings. The van der Waals surface area contributed by atoms with Gasteiger partial charge in [0.25, 0.3) is 0 Å². The number of anilines is 1. The molecular weight excluding hydrogens is 293 g/mol. The fraction of sp³-hybridized carbons (Fsp3) is 0.188. The van der Waals surface area contributed by atoms with Crippen LogP contribution in [0.2, 0.25) is 10.0 Å². The minimum atomic E-state index is -0.0163. The molecule has 0 aliphatic rings. The molecule has 0 N–H and O–H groups in total. The van der Waals surface area contributed by atoms with Crippen LogP contribution in [-0.4, -0.2) is 18.9 Å². The van der Waals surface area contributed by atoms with Gasteiger partial charge < -0.3 is 4.90 Å². The highest BCUT2D eigenvalue weighted by atomic mass is 35.5. The van der Waals surface area contributed by atoms with Gasteiger partial charge in [-0.1, -0.05) is 41.4 Å². The lowest BCUT2D eigenvalue weighted by molar-refractivity contribution is 0.0999. The molecule has 2 nitrogen and oxygen atoms in total. The molecule has 0 bridgehead atoms. The summed E-state index contributed by atoms with van der Waals surface area (Å²) >= 11 is 11.9. The summed E-state index contributed by atoms with van der Waals surface area (Å²) in [6, 6.07) is 14.8. The highest BCUT2D eigenvalue weighted by Gasteiger charge is 2.14. The van der Waals surface area contributed by atoms with Gasteiger partial charge in [-0.15, -0.1) is 0 Å². The van der Waals surface area contributed by atoms with Crippen LogP contribution in [0.25, 0.3) is 0 Å². The van der Waals surface area contributed by atoms with Crippen LogP contribution in [0.5, 0.6) is 0 Å². The van der Waals surface area contributed by atoms with Crippen molar-refractivity contribution in [1.82, 2.24) is 0 Å². The molecule has 0 radical (unpaired) electrons. The number of benzene rings is 2. The molecule has 0 atom stereocenters. The summed E-state index contributed by atoms with van der Waals surface area (Å²) in [4.78, 5) is 14.4. The van der Waals surface area contributed by atoms with Crippen molar-refractivity contribution in [3.05, 3.63) is 64.1 Å². The average molecular weight is 308 g/mol. The Labute approximate surface area is 128 Å². The predicted molar refractivity (Wildman–Crippen MR) is 85.1 cm³/mol. The summed E-state index contributed by atoms with van der Waals surface area (Å²) < 4.78 is 0. The molecule has 0 aromatic heterocycles. The zero-order valence-electron chi connectivity index (χ0n) is 11.1. The summed E-state index contributed by atoms with van der Waals surface area (Å²) in [6.45, 7) is 3.06. The Kier molecular flexibility index (Phi) is 5.05. The monoisotopic (exact) mass is 307 g/mol. The molecular formula is C16H15Cl2NO. The predicted octanol–water partition coefficient (Wildman–Crippen LogP) is 4.70. The molecule has 0 aliphatic heterocycles. The van der Waals surface area contributed by atoms with Gasteiger partial charge in [0.2, 0.25) is 0 Å². The van der Waals surface area contributed by atoms with E-state index in [1.807, 2.05) is 42.2 Å². The smallest absolute Gasteiger partial charge is 0.183 e. The fourth-order valence-electron chi connectivity index (χ4n) is 2.00. The minimum Gasteiger partial charge on any atom is -0.364 e. The van der Waals surface area contributed by atoms with E-state index >= 15 is 0 Å². The average Bonchev–Trinajstić information content (AvgIpc) is 2.45. The van der Waals surface area contributed by atoms with E-state index in [1.54, 1.807) is 18.2 Å². The van der Waals surface area contributed by atoms with E-state index in [-0.39, 0.29) is 5.78 Å². The number of carbonyl (C=O) groups excluding carboxylic acids is 1. The number of halogens is 2. The van der Waals surface area contributed by atoms with E-state index in [0.717, 1.165) is 12.2 Å². The van der Waals surface area contributed by atoms with Crippen LogP contribution in [0, 0.1) is 0 Å². The number of hydrogen-bond donors (Lipinski definition) is 0. The van der Waals surface area contributed by atoms with Crippen LogP contribution >= 0.6 is 23.2 Å². The van der Waals surface area contributed by atoms with Crippen molar-refractivity contribution >= 4 is 34.7 Å². The van der Waals surface area contributed by atoms with E-state index in [1.165, 1.54) is 0 Å². The molecule has 2 rings (SSSR count). The molecule has 0 spiro atoms. The zero-order chi connectivity index (χ0) is 14.5. The van der Waals surface area contributed by atoms with Crippen molar-refractivity contribution in [2.24, 2.45) is 0 Å². The molecule has 0 heterocycles. The number of hydrogen-bond acceptors (Lipinski definition) is 2. The second-order valence-corrected chi connectivity index (χ2v) is 5.24. The highest BCUT2D eigenvalue weighted by molar-refractivity contribution is 6.36. The van der Waals surface area contributed by atoms with Crippen molar-refractivity contribution in [2.75, 3.05) is 18.0 Å². The second-order valence-electron chi connectivity index (χ2n) is 4.40. The molecule has 0 saturated carbocycles. The summed E-state index contributed by atoms with van der Waals surface area (Å²) in [7, 11) is 0. The minimum absolute atomic E-state index is 0.0163. The quantitative estimate of drug-likeness (QED) is 0.746. The van der Waals surface area contributed by atoms with E-state index in [4.69, 9.17) is 23.2 Å². The Balaban J connectivity index is 2.17. The lowest BCUT2D eigenvalue weighted by Gasteiger charge is -2.22. The largest absolute Gasteiger partial charge is 0.364 e. The molecule has 104 valence electrons. The first kappa shape index (κ1) is 14.9. The summed E-state index contributed by atoms with van der Waals surface area (Å²) in [5.74, 6) is -0.0163. The van der Waals surface area contributed by atoms with Gasteiger partial charge in [-0.3, -0.25) is 4.79 Å². The Hall–Kier alpha value is -1.51. The molecule has 0 fully saturated rings. The van der Waals surface area contributed by atoms with Crippen molar-refractivity contribution < 1.29 is 4.79 Å². The number of likely N-dealkylation sites (N-methyl/N-ethyl adjacent to an activating group) is 1. The molecule has 0 saturated heterocycles. The maximum Gasteiger partial charge on any atom is 0.183 e. The summed E-state index contributed by atoms with van der Waals surface area (Å²) in [6.07, 6.45) is 0. The number of rotatable bonds is 5. The first-order valence-electron chi connectivity index (χ1n) is 6.40. The van der Waals surface area contributed by atoms with Gasteiger partial charge in [-0.25, -0.2) is 0 Å². The third-order valence-electron chi connectivity index (χ3n) is 3.07. The summed E-state index contributed by atoms with van der Waals surface area (Å²) in [5.41, 5.74) is 1.53. The van der Waals surface area contributed by atoms with Crippen LogP contribution in [0.15, 0.2) is 48.5 Å². The van der Waals surface area contributed by atoms with E-state index in [9.17, 15) is 4.79 Å². The van der Waals surface area contributed by atoms with E-state index in [0.29, 0.717) is 22.2 Å². The van der Waals surface area contributed by atoms with E-state index < -0.39 is 0 Å². The molecule has 20 heavy (non-hydrogen) atoms. The molecule has 0 amide bonds. The topological polar surface area (TPSA) is 20.3 Å². The Bertz CT molecular complexity index is 599. The highest BCUT2D eigenvalue weighted by Crippen LogP contribution is 2.22. The number of Topliss-reactive ketones (excluding diaryl/α,β-unsaturated/α-hetero) is 1. The first-order chi connectivity index (χ1) is 9.61. The second kappa shape index (κ2) is 6.78. The van der Waals surface area contributed by atoms with Crippen LogP contribution in [0.4, 0.5) is 5.69 Å². The van der Waals surface area contributed by atoms with Gasteiger partial charge in [-0.2, -0.15) is 0 Å². The fourth-order valence-corrected chi connectivity index (χ4v) is 2.51. The van der Waals surface area contributed by atoms with E-state index in [2.05, 4.69) is 0 Å². The van der Waals surface area contributed by atoms with Crippen molar-refractivity contribution in [1.29, 1.82) is 0 Å². The van der Waals surface area contributed by atoms with Gasteiger partial charge in [0.15, 0.2) is 5.78 Å². The Morgan fingerprint density at radius 1 is 1.10 bits per heavy atom. The van der Waals surface area contributed by atoms with Gasteiger partial charge in [0, 0.05) is 22.8 Å². The number of ketones is 1. The van der Waals surface area contributed by atoms with Gasteiger partial charge in [-0.05, 0) is 37.3 Å². The van der Waals surface area contributed by atoms with Gasteiger partial charge >= 0.3 is 0 Å². The SMILES string of the molecule is CCN(CC(=O)c1ccc(Cl)cc1Cl)c1ccccc1. The Morgan fingerprint density at radius 3 is 2.40 bits per heavy atom. The van der Waals surface area contributed by atoms with Crippen LogP contribution in [0.3, 0.4) is 0 Å². The molecule has 4 heteroatoms. The number of nitrogens with zero attached hydrogens (tertiary/aromatic N) is 1. The first-order valence-corrected chi connectivity index (χ1v) is 7.15. The van der Waals surface area contributed by atoms with Crippen LogP contribution in [0.1, 0.15) is 17.3 Å². The maximum atomic E-state index is 12.4. The van der Waals surface area contributed by atoms with Crippen LogP contribution < -0.4 is 4.90 Å². The lowest BCUT2D eigenvalue weighted by Crippen LogP contribution is -2.29. The van der Waals surface area contributed by atoms with Crippen molar-refractivity contribution in [2.45, 2.75) is 6.92 Å².